The van der Waals surface area contributed by atoms with Crippen LogP contribution in [0.1, 0.15) is 6.92 Å². The summed E-state index contributed by atoms with van der Waals surface area (Å²) >= 11 is 0. The Hall–Kier alpha value is -1.85. The van der Waals surface area contributed by atoms with E-state index in [1.54, 1.807) is 6.92 Å². The van der Waals surface area contributed by atoms with Gasteiger partial charge in [-0.3, -0.25) is 0 Å². The van der Waals surface area contributed by atoms with Gasteiger partial charge in [-0.25, -0.2) is 22.6 Å². The molecule has 0 amide bonds. The molecule has 3 heterocycles. The summed E-state index contributed by atoms with van der Waals surface area (Å²) in [5.41, 5.74) is -0.533. The Kier molecular flexibility index (Phi) is 3.47. The summed E-state index contributed by atoms with van der Waals surface area (Å²) in [5.74, 6) is 0. The number of aryl methyl sites for hydroxylation is 1. The maximum absolute atomic E-state index is 12.5. The number of imidazole rings is 1. The van der Waals surface area contributed by atoms with Gasteiger partial charge in [0.05, 0.1) is 13.2 Å². The standard InChI is InChI=1S/C10H14N6O4S/c1-2-16-10(17)15-7-11-9(8(15)12-13-16)21(18,19)14-3-5-20-6-4-14/h7H,2-6H2,1H3. The second kappa shape index (κ2) is 5.16. The molecule has 0 aromatic carbocycles. The molecule has 0 atom stereocenters. The van der Waals surface area contributed by atoms with E-state index in [0.717, 1.165) is 15.4 Å². The van der Waals surface area contributed by atoms with Crippen LogP contribution in [0.15, 0.2) is 16.1 Å². The highest BCUT2D eigenvalue weighted by Crippen LogP contribution is 2.17. The van der Waals surface area contributed by atoms with Crippen molar-refractivity contribution in [1.82, 2.24) is 28.7 Å². The molecule has 1 aliphatic rings. The highest BCUT2D eigenvalue weighted by molar-refractivity contribution is 7.89. The van der Waals surface area contributed by atoms with Crippen molar-refractivity contribution >= 4 is 15.7 Å². The molecule has 2 aromatic heterocycles. The minimum absolute atomic E-state index is 0.0591. The van der Waals surface area contributed by atoms with Crippen molar-refractivity contribution in [2.45, 2.75) is 18.5 Å². The Morgan fingerprint density at radius 3 is 2.71 bits per heavy atom. The topological polar surface area (TPSA) is 112 Å². The van der Waals surface area contributed by atoms with Gasteiger partial charge in [0.15, 0.2) is 0 Å². The Labute approximate surface area is 120 Å². The molecule has 1 saturated heterocycles. The number of sulfonamides is 1. The van der Waals surface area contributed by atoms with Crippen LogP contribution >= 0.6 is 0 Å². The lowest BCUT2D eigenvalue weighted by Crippen LogP contribution is -2.41. The van der Waals surface area contributed by atoms with Crippen LogP contribution in [0.5, 0.6) is 0 Å². The summed E-state index contributed by atoms with van der Waals surface area (Å²) in [6, 6.07) is 0. The maximum atomic E-state index is 12.5. The minimum Gasteiger partial charge on any atom is -0.379 e. The average molecular weight is 314 g/mol. The van der Waals surface area contributed by atoms with E-state index < -0.39 is 15.7 Å². The van der Waals surface area contributed by atoms with Crippen LogP contribution in [0.4, 0.5) is 0 Å². The van der Waals surface area contributed by atoms with Crippen molar-refractivity contribution in [2.24, 2.45) is 0 Å². The molecular weight excluding hydrogens is 300 g/mol. The van der Waals surface area contributed by atoms with Crippen molar-refractivity contribution in [3.63, 3.8) is 0 Å². The summed E-state index contributed by atoms with van der Waals surface area (Å²) in [5, 5.41) is 7.26. The first-order valence-electron chi connectivity index (χ1n) is 6.44. The van der Waals surface area contributed by atoms with Crippen LogP contribution in [0, 0.1) is 0 Å². The fourth-order valence-corrected chi connectivity index (χ4v) is 3.53. The minimum atomic E-state index is -3.81. The Bertz CT molecular complexity index is 820. The molecule has 1 aliphatic heterocycles. The first-order chi connectivity index (χ1) is 10.1. The van der Waals surface area contributed by atoms with Gasteiger partial charge in [0, 0.05) is 19.6 Å². The Morgan fingerprint density at radius 2 is 2.05 bits per heavy atom. The SMILES string of the molecule is CCn1nnc2c(S(=O)(=O)N3CCOCC3)ncn2c1=O. The van der Waals surface area contributed by atoms with Gasteiger partial charge in [0.2, 0.25) is 10.7 Å². The molecule has 0 saturated carbocycles. The van der Waals surface area contributed by atoms with Crippen molar-refractivity contribution < 1.29 is 13.2 Å². The van der Waals surface area contributed by atoms with Crippen LogP contribution in [0.2, 0.25) is 0 Å². The van der Waals surface area contributed by atoms with E-state index in [4.69, 9.17) is 4.74 Å². The zero-order valence-electron chi connectivity index (χ0n) is 11.3. The Morgan fingerprint density at radius 1 is 1.33 bits per heavy atom. The summed E-state index contributed by atoms with van der Waals surface area (Å²) in [6.07, 6.45) is 1.16. The third kappa shape index (κ3) is 2.22. The molecule has 3 rings (SSSR count). The van der Waals surface area contributed by atoms with Gasteiger partial charge in [0.1, 0.15) is 6.33 Å². The van der Waals surface area contributed by atoms with Gasteiger partial charge < -0.3 is 4.74 Å². The average Bonchev–Trinajstić information content (AvgIpc) is 2.94. The molecule has 1 fully saturated rings. The number of ether oxygens (including phenoxy) is 1. The van der Waals surface area contributed by atoms with E-state index in [2.05, 4.69) is 15.3 Å². The van der Waals surface area contributed by atoms with Gasteiger partial charge in [-0.2, -0.15) is 8.99 Å². The van der Waals surface area contributed by atoms with Crippen LogP contribution in [-0.4, -0.2) is 63.4 Å². The van der Waals surface area contributed by atoms with Crippen molar-refractivity contribution in [3.05, 3.63) is 16.8 Å². The maximum Gasteiger partial charge on any atom is 0.352 e. The number of aromatic nitrogens is 5. The molecule has 11 heteroatoms. The molecule has 0 unspecified atom stereocenters. The zero-order chi connectivity index (χ0) is 15.0. The largest absolute Gasteiger partial charge is 0.379 e. The molecular formula is C10H14N6O4S. The molecule has 114 valence electrons. The van der Waals surface area contributed by atoms with Gasteiger partial charge in [-0.05, 0) is 6.92 Å². The zero-order valence-corrected chi connectivity index (χ0v) is 12.2. The van der Waals surface area contributed by atoms with Crippen LogP contribution in [0.25, 0.3) is 5.65 Å². The van der Waals surface area contributed by atoms with E-state index in [1.807, 2.05) is 0 Å². The fourth-order valence-electron chi connectivity index (χ4n) is 2.11. The van der Waals surface area contributed by atoms with Gasteiger partial charge in [-0.15, -0.1) is 5.10 Å². The lowest BCUT2D eigenvalue weighted by molar-refractivity contribution is 0.0729. The number of hydrogen-bond donors (Lipinski definition) is 0. The molecule has 21 heavy (non-hydrogen) atoms. The predicted octanol–water partition coefficient (Wildman–Crippen LogP) is -1.67. The molecule has 0 radical (unpaired) electrons. The van der Waals surface area contributed by atoms with Gasteiger partial charge in [0.25, 0.3) is 10.0 Å². The monoisotopic (exact) mass is 314 g/mol. The van der Waals surface area contributed by atoms with Crippen LogP contribution < -0.4 is 5.69 Å². The van der Waals surface area contributed by atoms with Crippen molar-refractivity contribution in [3.8, 4) is 0 Å². The second-order valence-corrected chi connectivity index (χ2v) is 6.30. The summed E-state index contributed by atoms with van der Waals surface area (Å²) in [4.78, 5) is 15.9. The Balaban J connectivity index is 2.13. The number of fused-ring (bicyclic) bond motifs is 1. The van der Waals surface area contributed by atoms with Gasteiger partial charge >= 0.3 is 5.69 Å². The number of rotatable bonds is 3. The summed E-state index contributed by atoms with van der Waals surface area (Å²) in [7, 11) is -3.81. The third-order valence-electron chi connectivity index (χ3n) is 3.24. The molecule has 0 spiro atoms. The van der Waals surface area contributed by atoms with E-state index in [-0.39, 0.29) is 23.8 Å². The summed E-state index contributed by atoms with van der Waals surface area (Å²) < 4.78 is 33.7. The third-order valence-corrected chi connectivity index (χ3v) is 5.06. The van der Waals surface area contributed by atoms with Gasteiger partial charge in [-0.1, -0.05) is 5.21 Å². The van der Waals surface area contributed by atoms with E-state index >= 15 is 0 Å². The fraction of sp³-hybridized carbons (Fsp3) is 0.600. The normalized spacial score (nSPS) is 17.4. The first kappa shape index (κ1) is 14.1. The molecule has 10 nitrogen and oxygen atoms in total. The van der Waals surface area contributed by atoms with E-state index in [0.29, 0.717) is 19.8 Å². The van der Waals surface area contributed by atoms with Crippen molar-refractivity contribution in [1.29, 1.82) is 0 Å². The van der Waals surface area contributed by atoms with Crippen LogP contribution in [0.3, 0.4) is 0 Å². The molecule has 2 aromatic rings. The smallest absolute Gasteiger partial charge is 0.352 e. The van der Waals surface area contributed by atoms with Crippen LogP contribution in [-0.2, 0) is 21.3 Å². The first-order valence-corrected chi connectivity index (χ1v) is 7.88. The molecule has 0 N–H and O–H groups in total. The lowest BCUT2D eigenvalue weighted by Gasteiger charge is -2.24. The lowest BCUT2D eigenvalue weighted by atomic mass is 10.5. The van der Waals surface area contributed by atoms with E-state index in [1.165, 1.54) is 4.31 Å². The predicted molar refractivity (Wildman–Crippen MR) is 70.3 cm³/mol. The highest BCUT2D eigenvalue weighted by Gasteiger charge is 2.31. The number of hydrogen-bond acceptors (Lipinski definition) is 7. The second-order valence-electron chi connectivity index (χ2n) is 4.45. The molecule has 0 aliphatic carbocycles. The molecule has 0 bridgehead atoms. The quantitative estimate of drug-likeness (QED) is 0.665. The van der Waals surface area contributed by atoms with E-state index in [9.17, 15) is 13.2 Å². The van der Waals surface area contributed by atoms with Crippen molar-refractivity contribution in [2.75, 3.05) is 26.3 Å². The number of nitrogens with zero attached hydrogens (tertiary/aromatic N) is 6. The number of morpholine rings is 1. The highest BCUT2D eigenvalue weighted by atomic mass is 32.2. The summed E-state index contributed by atoms with van der Waals surface area (Å²) in [6.45, 7) is 3.25.